The molecule has 1 saturated carbocycles. The van der Waals surface area contributed by atoms with Crippen molar-refractivity contribution in [3.8, 4) is 0 Å². The number of rotatable bonds is 8. The molecule has 2 saturated heterocycles. The van der Waals surface area contributed by atoms with Gasteiger partial charge in [0.2, 0.25) is 6.41 Å². The molecule has 166 valence electrons. The molecule has 2 aliphatic heterocycles. The summed E-state index contributed by atoms with van der Waals surface area (Å²) < 4.78 is 6.03. The first kappa shape index (κ1) is 22.5. The maximum atomic E-state index is 13.3. The zero-order valence-corrected chi connectivity index (χ0v) is 18.3. The third kappa shape index (κ3) is 6.15. The van der Waals surface area contributed by atoms with Crippen molar-refractivity contribution in [1.29, 1.82) is 0 Å². The minimum Gasteiger partial charge on any atom is -0.438 e. The normalized spacial score (nSPS) is 25.5. The summed E-state index contributed by atoms with van der Waals surface area (Å²) in [5.74, 6) is 0.251. The highest BCUT2D eigenvalue weighted by atomic mass is 16.6. The number of hydrogen-bond acceptors (Lipinski definition) is 6. The van der Waals surface area contributed by atoms with Crippen molar-refractivity contribution in [2.45, 2.75) is 83.0 Å². The van der Waals surface area contributed by atoms with E-state index < -0.39 is 5.72 Å². The number of hydrogen-bond donors (Lipinski definition) is 2. The minimum atomic E-state index is -0.802. The molecule has 2 heterocycles. The van der Waals surface area contributed by atoms with E-state index in [1.54, 1.807) is 0 Å². The summed E-state index contributed by atoms with van der Waals surface area (Å²) in [4.78, 5) is 29.4. The Morgan fingerprint density at radius 2 is 1.79 bits per heavy atom. The van der Waals surface area contributed by atoms with Crippen LogP contribution in [0, 0.1) is 5.92 Å². The molecule has 0 aromatic carbocycles. The van der Waals surface area contributed by atoms with E-state index in [1.807, 2.05) is 0 Å². The Morgan fingerprint density at radius 3 is 2.38 bits per heavy atom. The predicted octanol–water partition coefficient (Wildman–Crippen LogP) is 1.72. The number of piperidine rings is 1. The van der Waals surface area contributed by atoms with Gasteiger partial charge in [-0.1, -0.05) is 20.3 Å². The Morgan fingerprint density at radius 1 is 1.14 bits per heavy atom. The molecule has 7 heteroatoms. The second kappa shape index (κ2) is 10.7. The van der Waals surface area contributed by atoms with Gasteiger partial charge in [-0.25, -0.2) is 0 Å². The number of esters is 1. The SMILES string of the molecule is CC(C)CC(C(=O)OC1(NC=O)CCCCC1)N1CCN(C2CCNCC2)CC1. The third-order valence-electron chi connectivity index (χ3n) is 6.86. The van der Waals surface area contributed by atoms with Crippen LogP contribution in [0.4, 0.5) is 0 Å². The number of carbonyl (C=O) groups is 2. The zero-order valence-electron chi connectivity index (χ0n) is 18.3. The van der Waals surface area contributed by atoms with Gasteiger partial charge >= 0.3 is 5.97 Å². The molecule has 1 unspecified atom stereocenters. The molecule has 3 aliphatic rings. The molecule has 1 aliphatic carbocycles. The van der Waals surface area contributed by atoms with E-state index in [0.29, 0.717) is 18.4 Å². The van der Waals surface area contributed by atoms with E-state index in [2.05, 4.69) is 34.3 Å². The van der Waals surface area contributed by atoms with Gasteiger partial charge in [-0.15, -0.1) is 0 Å². The number of amides is 1. The van der Waals surface area contributed by atoms with Crippen LogP contribution in [-0.4, -0.2) is 79.3 Å². The molecule has 0 bridgehead atoms. The van der Waals surface area contributed by atoms with E-state index in [0.717, 1.165) is 77.8 Å². The Balaban J connectivity index is 1.61. The van der Waals surface area contributed by atoms with Crippen LogP contribution < -0.4 is 10.6 Å². The molecule has 0 aromatic heterocycles. The highest BCUT2D eigenvalue weighted by Crippen LogP contribution is 2.30. The minimum absolute atomic E-state index is 0.162. The first-order chi connectivity index (χ1) is 14.0. The monoisotopic (exact) mass is 408 g/mol. The molecule has 3 rings (SSSR count). The van der Waals surface area contributed by atoms with Crippen LogP contribution in [0.15, 0.2) is 0 Å². The van der Waals surface area contributed by atoms with Crippen molar-refractivity contribution >= 4 is 12.4 Å². The summed E-state index contributed by atoms with van der Waals surface area (Å²) in [6, 6.07) is 0.452. The van der Waals surface area contributed by atoms with E-state index in [4.69, 9.17) is 4.74 Å². The summed E-state index contributed by atoms with van der Waals surface area (Å²) in [6.45, 7) is 10.4. The van der Waals surface area contributed by atoms with E-state index in [1.165, 1.54) is 12.8 Å². The van der Waals surface area contributed by atoms with Crippen LogP contribution in [0.5, 0.6) is 0 Å². The van der Waals surface area contributed by atoms with Gasteiger partial charge in [0.25, 0.3) is 0 Å². The van der Waals surface area contributed by atoms with E-state index >= 15 is 0 Å². The lowest BCUT2D eigenvalue weighted by atomic mass is 9.91. The van der Waals surface area contributed by atoms with Crippen molar-refractivity contribution in [1.82, 2.24) is 20.4 Å². The van der Waals surface area contributed by atoms with Crippen LogP contribution in [0.2, 0.25) is 0 Å². The topological polar surface area (TPSA) is 73.9 Å². The Bertz CT molecular complexity index is 522. The van der Waals surface area contributed by atoms with Gasteiger partial charge in [-0.05, 0) is 51.1 Å². The first-order valence-corrected chi connectivity index (χ1v) is 11.7. The van der Waals surface area contributed by atoms with E-state index in [-0.39, 0.29) is 12.0 Å². The van der Waals surface area contributed by atoms with Crippen molar-refractivity contribution < 1.29 is 14.3 Å². The van der Waals surface area contributed by atoms with Gasteiger partial charge in [-0.3, -0.25) is 19.4 Å². The molecule has 29 heavy (non-hydrogen) atoms. The number of piperazine rings is 1. The van der Waals surface area contributed by atoms with Crippen molar-refractivity contribution in [3.63, 3.8) is 0 Å². The zero-order chi connectivity index (χ0) is 20.7. The molecular formula is C22H40N4O3. The summed E-state index contributed by atoms with van der Waals surface area (Å²) in [6.07, 6.45) is 8.46. The molecule has 1 amide bonds. The van der Waals surface area contributed by atoms with Crippen molar-refractivity contribution in [2.75, 3.05) is 39.3 Å². The lowest BCUT2D eigenvalue weighted by Crippen LogP contribution is -2.58. The lowest BCUT2D eigenvalue weighted by Gasteiger charge is -2.44. The maximum absolute atomic E-state index is 13.3. The predicted molar refractivity (Wildman–Crippen MR) is 113 cm³/mol. The quantitative estimate of drug-likeness (QED) is 0.362. The average molecular weight is 409 g/mol. The molecule has 3 fully saturated rings. The fourth-order valence-corrected chi connectivity index (χ4v) is 5.19. The van der Waals surface area contributed by atoms with E-state index in [9.17, 15) is 9.59 Å². The molecule has 0 spiro atoms. The van der Waals surface area contributed by atoms with Crippen LogP contribution in [0.25, 0.3) is 0 Å². The number of nitrogens with one attached hydrogen (secondary N) is 2. The van der Waals surface area contributed by atoms with Crippen LogP contribution in [0.1, 0.15) is 65.2 Å². The molecule has 7 nitrogen and oxygen atoms in total. The molecule has 0 radical (unpaired) electrons. The fourth-order valence-electron chi connectivity index (χ4n) is 5.19. The second-order valence-electron chi connectivity index (χ2n) is 9.44. The second-order valence-corrected chi connectivity index (χ2v) is 9.44. The summed E-state index contributed by atoms with van der Waals surface area (Å²) in [7, 11) is 0. The summed E-state index contributed by atoms with van der Waals surface area (Å²) in [5, 5.41) is 6.27. The average Bonchev–Trinajstić information content (AvgIpc) is 2.73. The number of carbonyl (C=O) groups excluding carboxylic acids is 2. The first-order valence-electron chi connectivity index (χ1n) is 11.7. The van der Waals surface area contributed by atoms with Gasteiger partial charge in [0.1, 0.15) is 6.04 Å². The van der Waals surface area contributed by atoms with Crippen LogP contribution in [0.3, 0.4) is 0 Å². The Kier molecular flexibility index (Phi) is 8.33. The van der Waals surface area contributed by atoms with Gasteiger partial charge in [-0.2, -0.15) is 0 Å². The molecule has 0 aromatic rings. The fraction of sp³-hybridized carbons (Fsp3) is 0.909. The van der Waals surface area contributed by atoms with Crippen LogP contribution >= 0.6 is 0 Å². The highest BCUT2D eigenvalue weighted by molar-refractivity contribution is 5.76. The summed E-state index contributed by atoms with van der Waals surface area (Å²) in [5.41, 5.74) is -0.802. The lowest BCUT2D eigenvalue weighted by molar-refractivity contribution is -0.176. The highest BCUT2D eigenvalue weighted by Gasteiger charge is 2.40. The molecule has 1 atom stereocenters. The van der Waals surface area contributed by atoms with Crippen molar-refractivity contribution in [3.05, 3.63) is 0 Å². The standard InChI is InChI=1S/C22H40N4O3/c1-18(2)16-20(21(28)29-22(24-17-27)8-4-3-5-9-22)26-14-12-25(13-15-26)19-6-10-23-11-7-19/h17-20,23H,3-16H2,1-2H3,(H,24,27). The maximum Gasteiger partial charge on any atom is 0.325 e. The van der Waals surface area contributed by atoms with Gasteiger partial charge < -0.3 is 15.4 Å². The Labute approximate surface area is 175 Å². The van der Waals surface area contributed by atoms with Gasteiger partial charge in [0.05, 0.1) is 0 Å². The van der Waals surface area contributed by atoms with Crippen LogP contribution in [-0.2, 0) is 14.3 Å². The molecule has 2 N–H and O–H groups in total. The summed E-state index contributed by atoms with van der Waals surface area (Å²) >= 11 is 0. The smallest absolute Gasteiger partial charge is 0.325 e. The van der Waals surface area contributed by atoms with Crippen molar-refractivity contribution in [2.24, 2.45) is 5.92 Å². The van der Waals surface area contributed by atoms with Gasteiger partial charge in [0, 0.05) is 45.1 Å². The van der Waals surface area contributed by atoms with Gasteiger partial charge in [0.15, 0.2) is 5.72 Å². The largest absolute Gasteiger partial charge is 0.438 e. The molecular weight excluding hydrogens is 368 g/mol. The third-order valence-corrected chi connectivity index (χ3v) is 6.86. The Hall–Kier alpha value is -1.18. The number of nitrogens with zero attached hydrogens (tertiary/aromatic N) is 2. The number of ether oxygens (including phenoxy) is 1.